The van der Waals surface area contributed by atoms with Gasteiger partial charge in [0.05, 0.1) is 17.8 Å². The number of hydrogen-bond acceptors (Lipinski definition) is 5. The lowest BCUT2D eigenvalue weighted by Crippen LogP contribution is -2.48. The maximum absolute atomic E-state index is 13.2. The highest BCUT2D eigenvalue weighted by Gasteiger charge is 2.25. The van der Waals surface area contributed by atoms with Gasteiger partial charge in [0.15, 0.2) is 0 Å². The molecule has 1 aliphatic heterocycles. The monoisotopic (exact) mass is 357 g/mol. The molecule has 0 bridgehead atoms. The zero-order valence-corrected chi connectivity index (χ0v) is 15.2. The van der Waals surface area contributed by atoms with Gasteiger partial charge in [-0.3, -0.25) is 4.79 Å². The summed E-state index contributed by atoms with van der Waals surface area (Å²) in [7, 11) is 0. The number of carbonyl (C=O) groups excluding carboxylic acids is 1. The van der Waals surface area contributed by atoms with Crippen molar-refractivity contribution < 1.29 is 9.18 Å². The summed E-state index contributed by atoms with van der Waals surface area (Å²) in [5, 5.41) is 11.4. The molecule has 0 saturated carbocycles. The summed E-state index contributed by atoms with van der Waals surface area (Å²) in [6.07, 6.45) is 3.33. The molecule has 2 heterocycles. The topological polar surface area (TPSA) is 71.0 Å². The molecule has 1 aromatic carbocycles. The van der Waals surface area contributed by atoms with Crippen molar-refractivity contribution in [3.8, 4) is 0 Å². The highest BCUT2D eigenvalue weighted by Crippen LogP contribution is 2.21. The zero-order chi connectivity index (χ0) is 18.5. The zero-order valence-electron chi connectivity index (χ0n) is 15.2. The van der Waals surface area contributed by atoms with Crippen LogP contribution in [0.15, 0.2) is 24.3 Å². The van der Waals surface area contributed by atoms with Crippen LogP contribution in [-0.4, -0.2) is 40.2 Å². The summed E-state index contributed by atoms with van der Waals surface area (Å²) in [6.45, 7) is 5.19. The van der Waals surface area contributed by atoms with Gasteiger partial charge in [-0.1, -0.05) is 12.1 Å². The van der Waals surface area contributed by atoms with Gasteiger partial charge in [-0.15, -0.1) is 5.10 Å². The van der Waals surface area contributed by atoms with Gasteiger partial charge in [-0.2, -0.15) is 5.10 Å². The third-order valence-corrected chi connectivity index (χ3v) is 4.75. The van der Waals surface area contributed by atoms with Crippen LogP contribution in [0.25, 0.3) is 0 Å². The lowest BCUT2D eigenvalue weighted by atomic mass is 10.0. The molecule has 1 fully saturated rings. The third kappa shape index (κ3) is 4.53. The number of nitrogens with zero attached hydrogens (tertiary/aromatic N) is 4. The Hall–Kier alpha value is -2.57. The maximum atomic E-state index is 13.2. The fourth-order valence-corrected chi connectivity index (χ4v) is 3.17. The fourth-order valence-electron chi connectivity index (χ4n) is 3.17. The van der Waals surface area contributed by atoms with E-state index in [1.54, 1.807) is 12.1 Å². The van der Waals surface area contributed by atoms with E-state index >= 15 is 0 Å². The Balaban J connectivity index is 1.61. The van der Waals surface area contributed by atoms with Gasteiger partial charge in [0.2, 0.25) is 11.9 Å². The first-order valence-corrected chi connectivity index (χ1v) is 8.98. The van der Waals surface area contributed by atoms with Crippen molar-refractivity contribution in [3.63, 3.8) is 0 Å². The molecule has 0 aliphatic carbocycles. The van der Waals surface area contributed by atoms with Crippen LogP contribution in [0.2, 0.25) is 0 Å². The largest absolute Gasteiger partial charge is 0.354 e. The minimum absolute atomic E-state index is 0.111. The Bertz CT molecular complexity index is 782. The van der Waals surface area contributed by atoms with Crippen LogP contribution in [0.4, 0.5) is 10.3 Å². The summed E-state index contributed by atoms with van der Waals surface area (Å²) in [4.78, 5) is 18.9. The second-order valence-electron chi connectivity index (χ2n) is 6.74. The average Bonchev–Trinajstić information content (AvgIpc) is 2.63. The molecule has 1 aliphatic rings. The number of amides is 1. The van der Waals surface area contributed by atoms with Crippen LogP contribution in [0, 0.1) is 19.7 Å². The van der Waals surface area contributed by atoms with Gasteiger partial charge in [0.1, 0.15) is 5.82 Å². The van der Waals surface area contributed by atoms with Crippen molar-refractivity contribution >= 4 is 11.9 Å². The predicted octanol–water partition coefficient (Wildman–Crippen LogP) is 2.35. The standard InChI is InChI=1S/C19H24FN5O/c1-13-14(2)23-24-19(22-13)25-9-4-3-8-17(25)12-21-18(26)11-15-6-5-7-16(20)10-15/h5-7,10,17H,3-4,8-9,11-12H2,1-2H3,(H,21,26). The van der Waals surface area contributed by atoms with E-state index in [0.717, 1.165) is 37.2 Å². The smallest absolute Gasteiger partial charge is 0.245 e. The molecule has 1 saturated heterocycles. The van der Waals surface area contributed by atoms with E-state index in [2.05, 4.69) is 25.4 Å². The first-order valence-electron chi connectivity index (χ1n) is 8.98. The van der Waals surface area contributed by atoms with Crippen LogP contribution in [0.1, 0.15) is 36.2 Å². The van der Waals surface area contributed by atoms with Gasteiger partial charge < -0.3 is 10.2 Å². The van der Waals surface area contributed by atoms with Crippen LogP contribution >= 0.6 is 0 Å². The first kappa shape index (κ1) is 18.2. The van der Waals surface area contributed by atoms with E-state index < -0.39 is 0 Å². The highest BCUT2D eigenvalue weighted by molar-refractivity contribution is 5.78. The fraction of sp³-hybridized carbons (Fsp3) is 0.474. The maximum Gasteiger partial charge on any atom is 0.245 e. The number of aromatic nitrogens is 3. The molecule has 2 aromatic rings. The van der Waals surface area contributed by atoms with Crippen molar-refractivity contribution in [2.75, 3.05) is 18.0 Å². The van der Waals surface area contributed by atoms with Crippen molar-refractivity contribution in [2.45, 2.75) is 45.6 Å². The van der Waals surface area contributed by atoms with Crippen molar-refractivity contribution in [1.82, 2.24) is 20.5 Å². The van der Waals surface area contributed by atoms with Gasteiger partial charge in [-0.25, -0.2) is 9.37 Å². The molecule has 0 spiro atoms. The number of hydrogen-bond donors (Lipinski definition) is 1. The van der Waals surface area contributed by atoms with Crippen molar-refractivity contribution in [3.05, 3.63) is 47.0 Å². The van der Waals surface area contributed by atoms with Crippen molar-refractivity contribution in [2.24, 2.45) is 0 Å². The van der Waals surface area contributed by atoms with E-state index in [1.165, 1.54) is 12.1 Å². The summed E-state index contributed by atoms with van der Waals surface area (Å²) in [6, 6.07) is 6.28. The summed E-state index contributed by atoms with van der Waals surface area (Å²) >= 11 is 0. The van der Waals surface area contributed by atoms with E-state index in [9.17, 15) is 9.18 Å². The minimum atomic E-state index is -0.326. The van der Waals surface area contributed by atoms with E-state index in [4.69, 9.17) is 0 Å². The Morgan fingerprint density at radius 1 is 1.27 bits per heavy atom. The van der Waals surface area contributed by atoms with Gasteiger partial charge >= 0.3 is 0 Å². The second-order valence-corrected chi connectivity index (χ2v) is 6.74. The van der Waals surface area contributed by atoms with Gasteiger partial charge in [0.25, 0.3) is 0 Å². The van der Waals surface area contributed by atoms with Crippen LogP contribution in [0.3, 0.4) is 0 Å². The number of piperidine rings is 1. The SMILES string of the molecule is Cc1nnc(N2CCCCC2CNC(=O)Cc2cccc(F)c2)nc1C. The molecule has 26 heavy (non-hydrogen) atoms. The summed E-state index contributed by atoms with van der Waals surface area (Å²) in [5.41, 5.74) is 2.37. The Morgan fingerprint density at radius 2 is 2.12 bits per heavy atom. The summed E-state index contributed by atoms with van der Waals surface area (Å²) in [5.74, 6) is 0.186. The van der Waals surface area contributed by atoms with Crippen LogP contribution in [-0.2, 0) is 11.2 Å². The Morgan fingerprint density at radius 3 is 2.88 bits per heavy atom. The van der Waals surface area contributed by atoms with Gasteiger partial charge in [0, 0.05) is 19.1 Å². The predicted molar refractivity (Wildman–Crippen MR) is 97.4 cm³/mol. The Kier molecular flexibility index (Phi) is 5.75. The molecule has 1 unspecified atom stereocenters. The van der Waals surface area contributed by atoms with Gasteiger partial charge in [-0.05, 0) is 50.8 Å². The van der Waals surface area contributed by atoms with Crippen molar-refractivity contribution in [1.29, 1.82) is 0 Å². The first-order chi connectivity index (χ1) is 12.5. The lowest BCUT2D eigenvalue weighted by molar-refractivity contribution is -0.120. The number of nitrogens with one attached hydrogen (secondary N) is 1. The Labute approximate surface area is 152 Å². The third-order valence-electron chi connectivity index (χ3n) is 4.75. The molecule has 7 heteroatoms. The quantitative estimate of drug-likeness (QED) is 0.889. The molecule has 0 radical (unpaired) electrons. The number of benzene rings is 1. The highest BCUT2D eigenvalue weighted by atomic mass is 19.1. The molecule has 1 atom stereocenters. The van der Waals surface area contributed by atoms with Crippen LogP contribution < -0.4 is 10.2 Å². The molecular formula is C19H24FN5O. The molecule has 1 amide bonds. The molecular weight excluding hydrogens is 333 g/mol. The number of carbonyl (C=O) groups is 1. The van der Waals surface area contributed by atoms with E-state index in [-0.39, 0.29) is 24.2 Å². The molecule has 3 rings (SSSR count). The summed E-state index contributed by atoms with van der Waals surface area (Å²) < 4.78 is 13.2. The number of rotatable bonds is 5. The normalized spacial score (nSPS) is 17.2. The molecule has 1 N–H and O–H groups in total. The lowest BCUT2D eigenvalue weighted by Gasteiger charge is -2.35. The number of anilines is 1. The van der Waals surface area contributed by atoms with Crippen LogP contribution in [0.5, 0.6) is 0 Å². The van der Waals surface area contributed by atoms with E-state index in [0.29, 0.717) is 18.1 Å². The molecule has 6 nitrogen and oxygen atoms in total. The molecule has 138 valence electrons. The van der Waals surface area contributed by atoms with E-state index in [1.807, 2.05) is 13.8 Å². The number of aryl methyl sites for hydroxylation is 2. The molecule has 1 aromatic heterocycles. The number of halogens is 1. The average molecular weight is 357 g/mol. The minimum Gasteiger partial charge on any atom is -0.354 e. The second kappa shape index (κ2) is 8.21.